The predicted molar refractivity (Wildman–Crippen MR) is 52.6 cm³/mol. The minimum atomic E-state index is -0.475. The summed E-state index contributed by atoms with van der Waals surface area (Å²) in [7, 11) is 0. The molecule has 1 aromatic heterocycles. The Morgan fingerprint density at radius 3 is 2.67 bits per heavy atom. The van der Waals surface area contributed by atoms with Crippen molar-refractivity contribution in [2.45, 2.75) is 6.92 Å². The standard InChI is InChI=1S/C11H9NO3/c1-8-7-14-11(12-8)15-10(13)9-5-3-2-4-6-9/h2-7H,1H3. The Bertz CT molecular complexity index is 462. The minimum absolute atomic E-state index is 0.0265. The van der Waals surface area contributed by atoms with E-state index < -0.39 is 5.97 Å². The van der Waals surface area contributed by atoms with E-state index in [0.29, 0.717) is 11.3 Å². The topological polar surface area (TPSA) is 52.3 Å². The maximum Gasteiger partial charge on any atom is 0.401 e. The van der Waals surface area contributed by atoms with Crippen LogP contribution in [0.2, 0.25) is 0 Å². The highest BCUT2D eigenvalue weighted by Gasteiger charge is 2.10. The first-order valence-electron chi connectivity index (χ1n) is 4.45. The van der Waals surface area contributed by atoms with E-state index >= 15 is 0 Å². The van der Waals surface area contributed by atoms with Crippen molar-refractivity contribution in [3.05, 3.63) is 47.9 Å². The Labute approximate surface area is 86.5 Å². The monoisotopic (exact) mass is 203 g/mol. The summed E-state index contributed by atoms with van der Waals surface area (Å²) in [5, 5.41) is 0. The molecule has 4 heteroatoms. The van der Waals surface area contributed by atoms with Crippen LogP contribution in [0.15, 0.2) is 41.0 Å². The number of aryl methyl sites for hydroxylation is 1. The molecule has 1 aromatic carbocycles. The molecule has 2 rings (SSSR count). The van der Waals surface area contributed by atoms with Crippen LogP contribution in [-0.4, -0.2) is 11.0 Å². The van der Waals surface area contributed by atoms with Crippen molar-refractivity contribution in [2.24, 2.45) is 0 Å². The number of carbonyl (C=O) groups is 1. The first kappa shape index (κ1) is 9.45. The van der Waals surface area contributed by atoms with Crippen LogP contribution >= 0.6 is 0 Å². The van der Waals surface area contributed by atoms with Gasteiger partial charge in [-0.15, -0.1) is 0 Å². The van der Waals surface area contributed by atoms with Crippen molar-refractivity contribution >= 4 is 5.97 Å². The molecule has 0 saturated heterocycles. The average Bonchev–Trinajstić information content (AvgIpc) is 2.65. The van der Waals surface area contributed by atoms with E-state index in [2.05, 4.69) is 4.98 Å². The van der Waals surface area contributed by atoms with E-state index in [1.165, 1.54) is 6.26 Å². The number of nitrogens with zero attached hydrogens (tertiary/aromatic N) is 1. The molecule has 0 aliphatic rings. The Morgan fingerprint density at radius 2 is 2.07 bits per heavy atom. The molecule has 0 amide bonds. The van der Waals surface area contributed by atoms with Crippen molar-refractivity contribution in [1.82, 2.24) is 4.98 Å². The van der Waals surface area contributed by atoms with Crippen molar-refractivity contribution in [1.29, 1.82) is 0 Å². The van der Waals surface area contributed by atoms with Gasteiger partial charge < -0.3 is 9.15 Å². The molecule has 1 heterocycles. The lowest BCUT2D eigenvalue weighted by Crippen LogP contribution is -2.08. The molecular formula is C11H9NO3. The molecule has 0 radical (unpaired) electrons. The number of esters is 1. The van der Waals surface area contributed by atoms with Crippen molar-refractivity contribution in [2.75, 3.05) is 0 Å². The Balaban J connectivity index is 2.11. The smallest absolute Gasteiger partial charge is 0.401 e. The van der Waals surface area contributed by atoms with Crippen LogP contribution in [0, 0.1) is 6.92 Å². The lowest BCUT2D eigenvalue weighted by Gasteiger charge is -1.98. The molecule has 0 N–H and O–H groups in total. The van der Waals surface area contributed by atoms with Crippen molar-refractivity contribution in [3.8, 4) is 6.08 Å². The summed E-state index contributed by atoms with van der Waals surface area (Å²) in [6.07, 6.45) is 1.40. The Kier molecular flexibility index (Phi) is 2.49. The first-order chi connectivity index (χ1) is 7.25. The number of carbonyl (C=O) groups excluding carboxylic acids is 1. The average molecular weight is 203 g/mol. The van der Waals surface area contributed by atoms with Gasteiger partial charge >= 0.3 is 12.0 Å². The Morgan fingerprint density at radius 1 is 1.33 bits per heavy atom. The second kappa shape index (κ2) is 3.96. The van der Waals surface area contributed by atoms with Crippen LogP contribution in [0.1, 0.15) is 16.1 Å². The third kappa shape index (κ3) is 2.22. The zero-order chi connectivity index (χ0) is 10.7. The summed E-state index contributed by atoms with van der Waals surface area (Å²) in [4.78, 5) is 15.4. The first-order valence-corrected chi connectivity index (χ1v) is 4.45. The van der Waals surface area contributed by atoms with Gasteiger partial charge in [-0.2, -0.15) is 4.98 Å². The van der Waals surface area contributed by atoms with E-state index in [-0.39, 0.29) is 6.08 Å². The van der Waals surface area contributed by atoms with Gasteiger partial charge in [-0.25, -0.2) is 4.79 Å². The third-order valence-corrected chi connectivity index (χ3v) is 1.79. The minimum Gasteiger partial charge on any atom is -0.417 e. The number of oxazole rings is 1. The highest BCUT2D eigenvalue weighted by atomic mass is 16.6. The van der Waals surface area contributed by atoms with Crippen LogP contribution < -0.4 is 4.74 Å². The molecule has 0 aliphatic carbocycles. The summed E-state index contributed by atoms with van der Waals surface area (Å²) in [5.74, 6) is -0.475. The predicted octanol–water partition coefficient (Wildman–Crippen LogP) is 2.20. The molecule has 76 valence electrons. The molecular weight excluding hydrogens is 194 g/mol. The fraction of sp³-hybridized carbons (Fsp3) is 0.0909. The van der Waals surface area contributed by atoms with Gasteiger partial charge in [0.05, 0.1) is 11.3 Å². The SMILES string of the molecule is Cc1coc(OC(=O)c2ccccc2)n1. The number of hydrogen-bond donors (Lipinski definition) is 0. The van der Waals surface area contributed by atoms with E-state index in [1.54, 1.807) is 31.2 Å². The van der Waals surface area contributed by atoms with E-state index in [0.717, 1.165) is 0 Å². The van der Waals surface area contributed by atoms with Crippen LogP contribution in [0.25, 0.3) is 0 Å². The van der Waals surface area contributed by atoms with Crippen LogP contribution in [0.5, 0.6) is 6.08 Å². The van der Waals surface area contributed by atoms with E-state index in [9.17, 15) is 4.79 Å². The molecule has 0 fully saturated rings. The molecule has 0 atom stereocenters. The largest absolute Gasteiger partial charge is 0.417 e. The molecule has 0 saturated carbocycles. The lowest BCUT2D eigenvalue weighted by molar-refractivity contribution is 0.0683. The van der Waals surface area contributed by atoms with Gasteiger partial charge in [0.15, 0.2) is 0 Å². The molecule has 0 bridgehead atoms. The summed E-state index contributed by atoms with van der Waals surface area (Å²) < 4.78 is 9.81. The molecule has 4 nitrogen and oxygen atoms in total. The summed E-state index contributed by atoms with van der Waals surface area (Å²) in [6.45, 7) is 1.75. The highest BCUT2D eigenvalue weighted by molar-refractivity contribution is 5.90. The number of benzene rings is 1. The number of ether oxygens (including phenoxy) is 1. The van der Waals surface area contributed by atoms with Gasteiger partial charge in [-0.05, 0) is 19.1 Å². The maximum absolute atomic E-state index is 11.5. The lowest BCUT2D eigenvalue weighted by atomic mass is 10.2. The summed E-state index contributed by atoms with van der Waals surface area (Å²) in [5.41, 5.74) is 1.14. The zero-order valence-electron chi connectivity index (χ0n) is 8.14. The number of aromatic nitrogens is 1. The van der Waals surface area contributed by atoms with Gasteiger partial charge in [-0.3, -0.25) is 0 Å². The molecule has 0 spiro atoms. The second-order valence-corrected chi connectivity index (χ2v) is 3.01. The fourth-order valence-corrected chi connectivity index (χ4v) is 1.09. The fourth-order valence-electron chi connectivity index (χ4n) is 1.09. The summed E-state index contributed by atoms with van der Waals surface area (Å²) in [6, 6.07) is 8.68. The van der Waals surface area contributed by atoms with Crippen LogP contribution in [0.3, 0.4) is 0 Å². The molecule has 0 aliphatic heterocycles. The molecule has 0 unspecified atom stereocenters. The van der Waals surface area contributed by atoms with Crippen molar-refractivity contribution in [3.63, 3.8) is 0 Å². The molecule has 2 aromatic rings. The van der Waals surface area contributed by atoms with E-state index in [1.807, 2.05) is 6.07 Å². The number of rotatable bonds is 2. The summed E-state index contributed by atoms with van der Waals surface area (Å²) >= 11 is 0. The van der Waals surface area contributed by atoms with Crippen molar-refractivity contribution < 1.29 is 13.9 Å². The van der Waals surface area contributed by atoms with Crippen LogP contribution in [0.4, 0.5) is 0 Å². The third-order valence-electron chi connectivity index (χ3n) is 1.79. The maximum atomic E-state index is 11.5. The van der Waals surface area contributed by atoms with Gasteiger partial charge in [0.1, 0.15) is 6.26 Å². The van der Waals surface area contributed by atoms with Gasteiger partial charge in [0, 0.05) is 0 Å². The quantitative estimate of drug-likeness (QED) is 0.702. The Hall–Kier alpha value is -2.10. The zero-order valence-corrected chi connectivity index (χ0v) is 8.14. The second-order valence-electron chi connectivity index (χ2n) is 3.01. The van der Waals surface area contributed by atoms with Gasteiger partial charge in [0.2, 0.25) is 0 Å². The van der Waals surface area contributed by atoms with Gasteiger partial charge in [-0.1, -0.05) is 18.2 Å². The van der Waals surface area contributed by atoms with Crippen LogP contribution in [-0.2, 0) is 0 Å². The highest BCUT2D eigenvalue weighted by Crippen LogP contribution is 2.11. The number of hydrogen-bond acceptors (Lipinski definition) is 4. The normalized spacial score (nSPS) is 9.93. The van der Waals surface area contributed by atoms with Gasteiger partial charge in [0.25, 0.3) is 0 Å². The molecule has 15 heavy (non-hydrogen) atoms. The van der Waals surface area contributed by atoms with E-state index in [4.69, 9.17) is 9.15 Å².